The van der Waals surface area contributed by atoms with Gasteiger partial charge in [-0.1, -0.05) is 46.5 Å². The Labute approximate surface area is 145 Å². The van der Waals surface area contributed by atoms with Crippen LogP contribution in [0, 0.1) is 0 Å². The average molecular weight is 359 g/mol. The molecule has 0 heterocycles. The summed E-state index contributed by atoms with van der Waals surface area (Å²) >= 11 is 0. The van der Waals surface area contributed by atoms with Gasteiger partial charge in [-0.25, -0.2) is 0 Å². The fourth-order valence-corrected chi connectivity index (χ4v) is 6.70. The molecule has 1 fully saturated rings. The maximum atomic E-state index is 11.6. The van der Waals surface area contributed by atoms with Crippen LogP contribution in [0.1, 0.15) is 40.0 Å². The summed E-state index contributed by atoms with van der Waals surface area (Å²) in [5, 5.41) is 21.2. The Bertz CT molecular complexity index is 433. The molecule has 0 aliphatic heterocycles. The van der Waals surface area contributed by atoms with Gasteiger partial charge in [-0.15, -0.1) is 0 Å². The molecule has 0 aromatic rings. The molecular formula is C18H38O3Si2. The summed E-state index contributed by atoms with van der Waals surface area (Å²) in [5.41, 5.74) is 0.0958. The van der Waals surface area contributed by atoms with E-state index in [0.717, 1.165) is 30.9 Å². The lowest BCUT2D eigenvalue weighted by Gasteiger charge is -2.49. The Balaban J connectivity index is 3.19. The molecule has 1 aliphatic rings. The molecule has 136 valence electrons. The third kappa shape index (κ3) is 5.26. The van der Waals surface area contributed by atoms with Crippen LogP contribution in [0.5, 0.6) is 0 Å². The molecule has 0 spiro atoms. The van der Waals surface area contributed by atoms with E-state index in [-0.39, 0.29) is 17.7 Å². The molecule has 23 heavy (non-hydrogen) atoms. The first kappa shape index (κ1) is 21.1. The highest BCUT2D eigenvalue weighted by Crippen LogP contribution is 2.45. The minimum absolute atomic E-state index is 0.00382. The molecule has 0 aromatic heterocycles. The second kappa shape index (κ2) is 7.12. The molecule has 1 rings (SSSR count). The predicted molar refractivity (Wildman–Crippen MR) is 104 cm³/mol. The smallest absolute Gasteiger partial charge is 0.192 e. The Hall–Kier alpha value is 0.0538. The van der Waals surface area contributed by atoms with E-state index in [9.17, 15) is 10.2 Å². The fraction of sp³-hybridized carbons (Fsp3) is 0.889. The van der Waals surface area contributed by atoms with Gasteiger partial charge < -0.3 is 14.6 Å². The van der Waals surface area contributed by atoms with E-state index in [1.54, 1.807) is 0 Å². The van der Waals surface area contributed by atoms with Crippen LogP contribution in [-0.2, 0) is 4.43 Å². The molecule has 0 aromatic carbocycles. The summed E-state index contributed by atoms with van der Waals surface area (Å²) in [6, 6.07) is 0.797. The van der Waals surface area contributed by atoms with E-state index >= 15 is 0 Å². The standard InChI is InChI=1S/C18H38O3Si2/c1-17(2,3)23(7,8)21-16-11-9-10-15(12-13-19)18(16,20)14-22(4,5)6/h12,16,19-20H,9-11,13-14H2,1-8H3/b15-12+/t16-,18+/m0/s1. The third-order valence-corrected chi connectivity index (χ3v) is 11.5. The minimum Gasteiger partial charge on any atom is -0.411 e. The zero-order valence-electron chi connectivity index (χ0n) is 16.5. The molecule has 5 heteroatoms. The molecule has 0 unspecified atom stereocenters. The second-order valence-corrected chi connectivity index (χ2v) is 20.1. The van der Waals surface area contributed by atoms with E-state index in [1.165, 1.54) is 0 Å². The lowest BCUT2D eigenvalue weighted by atomic mass is 9.79. The zero-order valence-corrected chi connectivity index (χ0v) is 18.5. The van der Waals surface area contributed by atoms with Crippen molar-refractivity contribution in [3.63, 3.8) is 0 Å². The van der Waals surface area contributed by atoms with Crippen molar-refractivity contribution in [2.75, 3.05) is 6.61 Å². The molecular weight excluding hydrogens is 320 g/mol. The lowest BCUT2D eigenvalue weighted by molar-refractivity contribution is -0.0457. The van der Waals surface area contributed by atoms with Crippen molar-refractivity contribution in [1.29, 1.82) is 0 Å². The van der Waals surface area contributed by atoms with Gasteiger partial charge in [-0.2, -0.15) is 0 Å². The zero-order chi connectivity index (χ0) is 18.1. The highest BCUT2D eigenvalue weighted by atomic mass is 28.4. The lowest BCUT2D eigenvalue weighted by Crippen LogP contribution is -2.57. The van der Waals surface area contributed by atoms with Crippen LogP contribution >= 0.6 is 0 Å². The largest absolute Gasteiger partial charge is 0.411 e. The van der Waals surface area contributed by atoms with Gasteiger partial charge >= 0.3 is 0 Å². The van der Waals surface area contributed by atoms with Gasteiger partial charge in [0.25, 0.3) is 0 Å². The Morgan fingerprint density at radius 1 is 1.22 bits per heavy atom. The van der Waals surface area contributed by atoms with Crippen molar-refractivity contribution >= 4 is 16.4 Å². The molecule has 1 saturated carbocycles. The second-order valence-electron chi connectivity index (χ2n) is 9.83. The van der Waals surface area contributed by atoms with Crippen molar-refractivity contribution in [2.24, 2.45) is 0 Å². The molecule has 0 amide bonds. The summed E-state index contributed by atoms with van der Waals surface area (Å²) in [4.78, 5) is 0. The normalized spacial score (nSPS) is 29.1. The molecule has 0 radical (unpaired) electrons. The SMILES string of the molecule is CC(C)(C)[Si](C)(C)O[C@H]1CCC/C(=C\CO)[C@]1(O)C[Si](C)(C)C. The Kier molecular flexibility index (Phi) is 6.53. The first-order chi connectivity index (χ1) is 10.2. The van der Waals surface area contributed by atoms with Gasteiger partial charge in [0.1, 0.15) is 5.60 Å². The molecule has 0 saturated heterocycles. The van der Waals surface area contributed by atoms with Gasteiger partial charge in [-0.3, -0.25) is 0 Å². The monoisotopic (exact) mass is 358 g/mol. The first-order valence-corrected chi connectivity index (χ1v) is 15.5. The number of aliphatic hydroxyl groups excluding tert-OH is 1. The maximum absolute atomic E-state index is 11.6. The number of hydrogen-bond donors (Lipinski definition) is 2. The van der Waals surface area contributed by atoms with Crippen molar-refractivity contribution in [3.05, 3.63) is 11.6 Å². The maximum Gasteiger partial charge on any atom is 0.192 e. The van der Waals surface area contributed by atoms with Crippen LogP contribution < -0.4 is 0 Å². The molecule has 0 bridgehead atoms. The van der Waals surface area contributed by atoms with E-state index in [1.807, 2.05) is 6.08 Å². The van der Waals surface area contributed by atoms with Crippen LogP contribution in [0.25, 0.3) is 0 Å². The molecule has 3 nitrogen and oxygen atoms in total. The van der Waals surface area contributed by atoms with Crippen molar-refractivity contribution in [2.45, 2.75) is 95.6 Å². The summed E-state index contributed by atoms with van der Waals surface area (Å²) in [5.74, 6) is 0. The van der Waals surface area contributed by atoms with Crippen LogP contribution in [0.15, 0.2) is 11.6 Å². The van der Waals surface area contributed by atoms with E-state index < -0.39 is 22.0 Å². The third-order valence-electron chi connectivity index (χ3n) is 5.38. The number of aliphatic hydroxyl groups is 2. The topological polar surface area (TPSA) is 49.7 Å². The van der Waals surface area contributed by atoms with Gasteiger partial charge in [0, 0.05) is 8.07 Å². The van der Waals surface area contributed by atoms with Crippen molar-refractivity contribution in [1.82, 2.24) is 0 Å². The van der Waals surface area contributed by atoms with E-state index in [2.05, 4.69) is 53.5 Å². The summed E-state index contributed by atoms with van der Waals surface area (Å²) < 4.78 is 6.67. The first-order valence-electron chi connectivity index (χ1n) is 8.93. The summed E-state index contributed by atoms with van der Waals surface area (Å²) in [6.45, 7) is 18.1. The Morgan fingerprint density at radius 3 is 2.22 bits per heavy atom. The van der Waals surface area contributed by atoms with Crippen molar-refractivity contribution < 1.29 is 14.6 Å². The van der Waals surface area contributed by atoms with Gasteiger partial charge in [-0.05, 0) is 49.0 Å². The molecule has 1 aliphatic carbocycles. The Morgan fingerprint density at radius 2 is 1.78 bits per heavy atom. The van der Waals surface area contributed by atoms with Crippen LogP contribution in [-0.4, -0.2) is 44.9 Å². The van der Waals surface area contributed by atoms with E-state index in [4.69, 9.17) is 4.43 Å². The van der Waals surface area contributed by atoms with Gasteiger partial charge in [0.2, 0.25) is 0 Å². The number of hydrogen-bond acceptors (Lipinski definition) is 3. The number of rotatable bonds is 5. The van der Waals surface area contributed by atoms with E-state index in [0.29, 0.717) is 0 Å². The summed E-state index contributed by atoms with van der Waals surface area (Å²) in [7, 11) is -3.43. The van der Waals surface area contributed by atoms with Crippen LogP contribution in [0.3, 0.4) is 0 Å². The highest BCUT2D eigenvalue weighted by molar-refractivity contribution is 6.76. The predicted octanol–water partition coefficient (Wildman–Crippen LogP) is 4.55. The van der Waals surface area contributed by atoms with Gasteiger partial charge in [0.05, 0.1) is 12.7 Å². The molecule has 2 atom stereocenters. The van der Waals surface area contributed by atoms with Crippen molar-refractivity contribution in [3.8, 4) is 0 Å². The summed E-state index contributed by atoms with van der Waals surface area (Å²) in [6.07, 6.45) is 4.50. The minimum atomic E-state index is -1.94. The average Bonchev–Trinajstić information content (AvgIpc) is 2.31. The molecule has 2 N–H and O–H groups in total. The van der Waals surface area contributed by atoms with Crippen LogP contribution in [0.4, 0.5) is 0 Å². The fourth-order valence-electron chi connectivity index (χ4n) is 3.25. The van der Waals surface area contributed by atoms with Gasteiger partial charge in [0.15, 0.2) is 8.32 Å². The highest BCUT2D eigenvalue weighted by Gasteiger charge is 2.49. The van der Waals surface area contributed by atoms with Crippen LogP contribution in [0.2, 0.25) is 43.8 Å². The quantitative estimate of drug-likeness (QED) is 0.560.